The number of esters is 1. The number of carbonyl (C=O) groups excluding carboxylic acids is 1. The quantitative estimate of drug-likeness (QED) is 0.105. The van der Waals surface area contributed by atoms with Crippen LogP contribution in [0.5, 0.6) is 0 Å². The zero-order valence-electron chi connectivity index (χ0n) is 21.9. The molecule has 2 nitrogen and oxygen atoms in total. The lowest BCUT2D eigenvalue weighted by Crippen LogP contribution is -2.14. The number of hydrogen-bond donors (Lipinski definition) is 0. The second-order valence-corrected chi connectivity index (χ2v) is 9.89. The summed E-state index contributed by atoms with van der Waals surface area (Å²) >= 11 is 0. The highest BCUT2D eigenvalue weighted by Gasteiger charge is 2.12. The molecule has 0 radical (unpaired) electrons. The highest BCUT2D eigenvalue weighted by Crippen LogP contribution is 2.20. The zero-order chi connectivity index (χ0) is 22.8. The molecule has 0 aromatic carbocycles. The summed E-state index contributed by atoms with van der Waals surface area (Å²) in [5, 5.41) is 0. The normalized spacial score (nSPS) is 12.2. The van der Waals surface area contributed by atoms with Crippen molar-refractivity contribution in [3.63, 3.8) is 0 Å². The molecule has 0 saturated carbocycles. The van der Waals surface area contributed by atoms with Crippen LogP contribution in [0.2, 0.25) is 0 Å². The minimum Gasteiger partial charge on any atom is -0.465 e. The molecule has 31 heavy (non-hydrogen) atoms. The van der Waals surface area contributed by atoms with E-state index >= 15 is 0 Å². The van der Waals surface area contributed by atoms with Crippen LogP contribution in [-0.2, 0) is 9.53 Å². The van der Waals surface area contributed by atoms with Gasteiger partial charge in [-0.3, -0.25) is 4.79 Å². The van der Waals surface area contributed by atoms with Gasteiger partial charge in [0.25, 0.3) is 0 Å². The van der Waals surface area contributed by atoms with Crippen LogP contribution >= 0.6 is 0 Å². The molecule has 0 aromatic heterocycles. The van der Waals surface area contributed by atoms with Crippen molar-refractivity contribution in [1.29, 1.82) is 0 Å². The Balaban J connectivity index is 3.91. The third-order valence-electron chi connectivity index (χ3n) is 6.65. The van der Waals surface area contributed by atoms with Gasteiger partial charge >= 0.3 is 5.97 Å². The van der Waals surface area contributed by atoms with Crippen molar-refractivity contribution >= 4 is 5.97 Å². The fourth-order valence-corrected chi connectivity index (χ4v) is 4.42. The lowest BCUT2D eigenvalue weighted by Gasteiger charge is -2.17. The number of ether oxygens (including phenoxy) is 1. The first kappa shape index (κ1) is 30.5. The fraction of sp³-hybridized carbons (Fsp3) is 0.966. The topological polar surface area (TPSA) is 26.3 Å². The second kappa shape index (κ2) is 25.7. The maximum atomic E-state index is 12.2. The van der Waals surface area contributed by atoms with Crippen molar-refractivity contribution in [2.45, 2.75) is 168 Å². The number of hydrogen-bond acceptors (Lipinski definition) is 2. The number of rotatable bonds is 25. The lowest BCUT2D eigenvalue weighted by molar-refractivity contribution is -0.145. The SMILES string of the molecule is CCCCCCCCCCC(=O)OCC(CCCCCCC)CCCCCCCCC. The Morgan fingerprint density at radius 1 is 0.516 bits per heavy atom. The molecule has 0 aliphatic heterocycles. The van der Waals surface area contributed by atoms with Crippen molar-refractivity contribution in [3.8, 4) is 0 Å². The fourth-order valence-electron chi connectivity index (χ4n) is 4.42. The minimum absolute atomic E-state index is 0.0431. The summed E-state index contributed by atoms with van der Waals surface area (Å²) in [4.78, 5) is 12.2. The summed E-state index contributed by atoms with van der Waals surface area (Å²) in [6, 6.07) is 0. The molecular weight excluding hydrogens is 380 g/mol. The molecule has 0 amide bonds. The predicted octanol–water partition coefficient (Wildman–Crippen LogP) is 10.2. The van der Waals surface area contributed by atoms with Gasteiger partial charge in [0.1, 0.15) is 0 Å². The Labute approximate surface area is 196 Å². The monoisotopic (exact) mass is 438 g/mol. The molecule has 0 spiro atoms. The van der Waals surface area contributed by atoms with Gasteiger partial charge in [-0.1, -0.05) is 143 Å². The van der Waals surface area contributed by atoms with Gasteiger partial charge in [0, 0.05) is 6.42 Å². The first-order valence-corrected chi connectivity index (χ1v) is 14.4. The van der Waals surface area contributed by atoms with E-state index in [2.05, 4.69) is 20.8 Å². The Hall–Kier alpha value is -0.530. The summed E-state index contributed by atoms with van der Waals surface area (Å²) in [5.74, 6) is 0.626. The largest absolute Gasteiger partial charge is 0.465 e. The molecule has 0 fully saturated rings. The highest BCUT2D eigenvalue weighted by atomic mass is 16.5. The van der Waals surface area contributed by atoms with E-state index in [1.54, 1.807) is 0 Å². The Morgan fingerprint density at radius 3 is 1.29 bits per heavy atom. The summed E-state index contributed by atoms with van der Waals surface area (Å²) in [6.45, 7) is 7.48. The standard InChI is InChI=1S/C29H58O2/c1-4-7-10-13-15-17-20-23-26-29(30)31-27-28(24-21-18-12-9-6-3)25-22-19-16-14-11-8-5-2/h28H,4-27H2,1-3H3. The highest BCUT2D eigenvalue weighted by molar-refractivity contribution is 5.69. The van der Waals surface area contributed by atoms with Gasteiger partial charge in [0.05, 0.1) is 6.61 Å². The van der Waals surface area contributed by atoms with Gasteiger partial charge in [-0.15, -0.1) is 0 Å². The van der Waals surface area contributed by atoms with E-state index in [1.807, 2.05) is 0 Å². The van der Waals surface area contributed by atoms with Gasteiger partial charge in [-0.2, -0.15) is 0 Å². The van der Waals surface area contributed by atoms with Crippen LogP contribution in [0, 0.1) is 5.92 Å². The van der Waals surface area contributed by atoms with Gasteiger partial charge in [-0.05, 0) is 25.2 Å². The minimum atomic E-state index is 0.0431. The van der Waals surface area contributed by atoms with Crippen LogP contribution in [0.4, 0.5) is 0 Å². The van der Waals surface area contributed by atoms with Crippen LogP contribution in [-0.4, -0.2) is 12.6 Å². The average molecular weight is 439 g/mol. The Bertz CT molecular complexity index is 353. The van der Waals surface area contributed by atoms with Crippen molar-refractivity contribution in [2.24, 2.45) is 5.92 Å². The number of unbranched alkanes of at least 4 members (excludes halogenated alkanes) is 17. The van der Waals surface area contributed by atoms with Crippen molar-refractivity contribution in [1.82, 2.24) is 0 Å². The molecule has 0 aliphatic rings. The van der Waals surface area contributed by atoms with Crippen LogP contribution in [0.3, 0.4) is 0 Å². The van der Waals surface area contributed by atoms with Crippen molar-refractivity contribution in [3.05, 3.63) is 0 Å². The van der Waals surface area contributed by atoms with E-state index in [4.69, 9.17) is 4.74 Å². The third kappa shape index (κ3) is 24.0. The summed E-state index contributed by atoms with van der Waals surface area (Å²) in [5.41, 5.74) is 0. The van der Waals surface area contributed by atoms with E-state index in [0.29, 0.717) is 18.9 Å². The molecule has 0 rings (SSSR count). The smallest absolute Gasteiger partial charge is 0.305 e. The second-order valence-electron chi connectivity index (χ2n) is 9.89. The van der Waals surface area contributed by atoms with E-state index in [1.165, 1.54) is 135 Å². The molecule has 0 aromatic rings. The molecule has 0 N–H and O–H groups in total. The molecule has 0 bridgehead atoms. The van der Waals surface area contributed by atoms with Gasteiger partial charge in [-0.25, -0.2) is 0 Å². The predicted molar refractivity (Wildman–Crippen MR) is 138 cm³/mol. The van der Waals surface area contributed by atoms with Gasteiger partial charge < -0.3 is 4.74 Å². The Morgan fingerprint density at radius 2 is 0.871 bits per heavy atom. The molecule has 0 aliphatic carbocycles. The van der Waals surface area contributed by atoms with Crippen LogP contribution in [0.25, 0.3) is 0 Å². The van der Waals surface area contributed by atoms with Crippen LogP contribution in [0.1, 0.15) is 168 Å². The molecule has 2 heteroatoms. The van der Waals surface area contributed by atoms with E-state index in [9.17, 15) is 4.79 Å². The molecule has 1 unspecified atom stereocenters. The summed E-state index contributed by atoms with van der Waals surface area (Å²) in [7, 11) is 0. The maximum Gasteiger partial charge on any atom is 0.305 e. The van der Waals surface area contributed by atoms with Gasteiger partial charge in [0.2, 0.25) is 0 Å². The Kier molecular flexibility index (Phi) is 25.3. The molecular formula is C29H58O2. The molecule has 0 heterocycles. The first-order valence-electron chi connectivity index (χ1n) is 14.4. The maximum absolute atomic E-state index is 12.2. The van der Waals surface area contributed by atoms with Crippen molar-refractivity contribution < 1.29 is 9.53 Å². The van der Waals surface area contributed by atoms with Gasteiger partial charge in [0.15, 0.2) is 0 Å². The summed E-state index contributed by atoms with van der Waals surface area (Å²) < 4.78 is 5.71. The van der Waals surface area contributed by atoms with Crippen LogP contribution in [0.15, 0.2) is 0 Å². The molecule has 1 atom stereocenters. The van der Waals surface area contributed by atoms with Crippen molar-refractivity contribution in [2.75, 3.05) is 6.61 Å². The van der Waals surface area contributed by atoms with E-state index in [0.717, 1.165) is 6.42 Å². The third-order valence-corrected chi connectivity index (χ3v) is 6.65. The molecule has 186 valence electrons. The van der Waals surface area contributed by atoms with E-state index in [-0.39, 0.29) is 5.97 Å². The average Bonchev–Trinajstić information content (AvgIpc) is 2.77. The van der Waals surface area contributed by atoms with Crippen LogP contribution < -0.4 is 0 Å². The molecule has 0 saturated heterocycles. The first-order chi connectivity index (χ1) is 15.2. The zero-order valence-corrected chi connectivity index (χ0v) is 21.9. The number of carbonyl (C=O) groups is 1. The summed E-state index contributed by atoms with van der Waals surface area (Å²) in [6.07, 6.45) is 29.5. The lowest BCUT2D eigenvalue weighted by atomic mass is 9.95. The van der Waals surface area contributed by atoms with E-state index < -0.39 is 0 Å².